The Balaban J connectivity index is 1.36. The highest BCUT2D eigenvalue weighted by Gasteiger charge is 2.47. The molecule has 1 atom stereocenters. The minimum atomic E-state index is -1.77. The van der Waals surface area contributed by atoms with E-state index in [1.807, 2.05) is 13.0 Å². The van der Waals surface area contributed by atoms with Gasteiger partial charge in [-0.3, -0.25) is 9.69 Å². The van der Waals surface area contributed by atoms with Crippen LogP contribution in [0.2, 0.25) is 0 Å². The van der Waals surface area contributed by atoms with Crippen LogP contribution in [-0.4, -0.2) is 62.6 Å². The second-order valence-corrected chi connectivity index (χ2v) is 8.07. The van der Waals surface area contributed by atoms with Gasteiger partial charge in [0.15, 0.2) is 12.0 Å². The lowest BCUT2D eigenvalue weighted by Crippen LogP contribution is -2.41. The number of alkyl halides is 1. The Morgan fingerprint density at radius 3 is 2.63 bits per heavy atom. The Bertz CT molecular complexity index is 710. The zero-order valence-corrected chi connectivity index (χ0v) is 16.1. The number of hydrogen-bond donors (Lipinski definition) is 0. The van der Waals surface area contributed by atoms with Gasteiger partial charge in [0.1, 0.15) is 5.75 Å². The first kappa shape index (κ1) is 18.8. The van der Waals surface area contributed by atoms with Gasteiger partial charge >= 0.3 is 0 Å². The third kappa shape index (κ3) is 3.75. The van der Waals surface area contributed by atoms with Crippen molar-refractivity contribution in [1.82, 2.24) is 4.90 Å². The van der Waals surface area contributed by atoms with Crippen LogP contribution >= 0.6 is 0 Å². The van der Waals surface area contributed by atoms with Crippen molar-refractivity contribution < 1.29 is 23.4 Å². The highest BCUT2D eigenvalue weighted by atomic mass is 19.1. The summed E-state index contributed by atoms with van der Waals surface area (Å²) in [4.78, 5) is 15.1. The Hall–Kier alpha value is -1.50. The van der Waals surface area contributed by atoms with E-state index in [4.69, 9.17) is 14.2 Å². The third-order valence-corrected chi connectivity index (χ3v) is 6.16. The molecule has 3 aliphatic rings. The number of ether oxygens (including phenoxy) is 3. The molecule has 0 aromatic heterocycles. The summed E-state index contributed by atoms with van der Waals surface area (Å²) in [5.41, 5.74) is 0.477. The SMILES string of the molecule is COc1cc2c(cc1C)CC(F)(CC1CCN(CC3OCCO3)CC1)C2=O. The number of fused-ring (bicyclic) bond motifs is 1. The summed E-state index contributed by atoms with van der Waals surface area (Å²) in [5.74, 6) is 0.514. The minimum absolute atomic E-state index is 0.127. The zero-order chi connectivity index (χ0) is 19.0. The van der Waals surface area contributed by atoms with Crippen LogP contribution < -0.4 is 4.74 Å². The normalized spacial score (nSPS) is 27.3. The van der Waals surface area contributed by atoms with E-state index in [0.717, 1.165) is 43.6 Å². The molecule has 148 valence electrons. The number of hydrogen-bond acceptors (Lipinski definition) is 5. The highest BCUT2D eigenvalue weighted by Crippen LogP contribution is 2.41. The highest BCUT2D eigenvalue weighted by molar-refractivity contribution is 6.07. The monoisotopic (exact) mass is 377 g/mol. The zero-order valence-electron chi connectivity index (χ0n) is 16.1. The molecule has 2 aliphatic heterocycles. The van der Waals surface area contributed by atoms with Crippen LogP contribution in [0, 0.1) is 12.8 Å². The summed E-state index contributed by atoms with van der Waals surface area (Å²) in [5, 5.41) is 0. The molecule has 5 nitrogen and oxygen atoms in total. The van der Waals surface area contributed by atoms with Crippen LogP contribution in [0.15, 0.2) is 12.1 Å². The van der Waals surface area contributed by atoms with Gasteiger partial charge < -0.3 is 14.2 Å². The number of methoxy groups -OCH3 is 1. The van der Waals surface area contributed by atoms with E-state index < -0.39 is 5.67 Å². The molecule has 0 N–H and O–H groups in total. The predicted molar refractivity (Wildman–Crippen MR) is 99.1 cm³/mol. The molecule has 1 unspecified atom stereocenters. The Morgan fingerprint density at radius 1 is 1.26 bits per heavy atom. The maximum Gasteiger partial charge on any atom is 0.200 e. The minimum Gasteiger partial charge on any atom is -0.496 e. The van der Waals surface area contributed by atoms with E-state index in [1.54, 1.807) is 13.2 Å². The third-order valence-electron chi connectivity index (χ3n) is 6.16. The number of carbonyl (C=O) groups is 1. The van der Waals surface area contributed by atoms with Gasteiger partial charge in [0.2, 0.25) is 5.78 Å². The number of aryl methyl sites for hydroxylation is 1. The average molecular weight is 377 g/mol. The molecule has 27 heavy (non-hydrogen) atoms. The van der Waals surface area contributed by atoms with Crippen LogP contribution in [0.5, 0.6) is 5.75 Å². The van der Waals surface area contributed by atoms with Crippen LogP contribution in [0.3, 0.4) is 0 Å². The number of halogens is 1. The topological polar surface area (TPSA) is 48.0 Å². The number of Topliss-reactive ketones (excluding diaryl/α,β-unsaturated/α-hetero) is 1. The van der Waals surface area contributed by atoms with Gasteiger partial charge in [-0.15, -0.1) is 0 Å². The molecule has 1 aromatic rings. The second kappa shape index (κ2) is 7.49. The Labute approximate surface area is 159 Å². The molecular formula is C21H28FNO4. The first-order valence-corrected chi connectivity index (χ1v) is 9.85. The number of ketones is 1. The number of nitrogens with zero attached hydrogens (tertiary/aromatic N) is 1. The maximum atomic E-state index is 15.6. The van der Waals surface area contributed by atoms with Gasteiger partial charge in [-0.25, -0.2) is 4.39 Å². The van der Waals surface area contributed by atoms with Crippen molar-refractivity contribution in [3.8, 4) is 5.75 Å². The number of benzene rings is 1. The quantitative estimate of drug-likeness (QED) is 0.790. The molecule has 0 saturated carbocycles. The first-order valence-electron chi connectivity index (χ1n) is 9.85. The fourth-order valence-corrected chi connectivity index (χ4v) is 4.67. The van der Waals surface area contributed by atoms with E-state index >= 15 is 4.39 Å². The number of likely N-dealkylation sites (tertiary alicyclic amines) is 1. The van der Waals surface area contributed by atoms with E-state index in [9.17, 15) is 4.79 Å². The van der Waals surface area contributed by atoms with E-state index in [-0.39, 0.29) is 24.4 Å². The summed E-state index contributed by atoms with van der Waals surface area (Å²) in [6.45, 7) is 5.83. The molecule has 6 heteroatoms. The molecule has 4 rings (SSSR count). The van der Waals surface area contributed by atoms with Crippen LogP contribution in [0.1, 0.15) is 40.7 Å². The molecular weight excluding hydrogens is 349 g/mol. The summed E-state index contributed by atoms with van der Waals surface area (Å²) in [6, 6.07) is 3.61. The van der Waals surface area contributed by atoms with E-state index in [2.05, 4.69) is 4.90 Å². The Kier molecular flexibility index (Phi) is 5.23. The maximum absolute atomic E-state index is 15.6. The van der Waals surface area contributed by atoms with Gasteiger partial charge in [0.05, 0.1) is 20.3 Å². The molecule has 0 radical (unpaired) electrons. The summed E-state index contributed by atoms with van der Waals surface area (Å²) in [7, 11) is 1.58. The van der Waals surface area contributed by atoms with Crippen LogP contribution in [0.4, 0.5) is 4.39 Å². The lowest BCUT2D eigenvalue weighted by Gasteiger charge is -2.34. The molecule has 2 fully saturated rings. The van der Waals surface area contributed by atoms with Crippen molar-refractivity contribution in [1.29, 1.82) is 0 Å². The number of rotatable bonds is 5. The van der Waals surface area contributed by atoms with E-state index in [0.29, 0.717) is 30.9 Å². The van der Waals surface area contributed by atoms with Crippen LogP contribution in [-0.2, 0) is 15.9 Å². The average Bonchev–Trinajstić information content (AvgIpc) is 3.23. The lowest BCUT2D eigenvalue weighted by molar-refractivity contribution is -0.0667. The second-order valence-electron chi connectivity index (χ2n) is 8.07. The molecule has 0 bridgehead atoms. The standard InChI is InChI=1S/C21H28FNO4/c1-14-9-16-12-21(22,20(24)17(16)10-18(14)25-2)11-15-3-5-23(6-4-15)13-19-26-7-8-27-19/h9-10,15,19H,3-8,11-13H2,1-2H3. The van der Waals surface area contributed by atoms with Crippen molar-refractivity contribution in [2.24, 2.45) is 5.92 Å². The van der Waals surface area contributed by atoms with E-state index in [1.165, 1.54) is 0 Å². The van der Waals surface area contributed by atoms with Crippen molar-refractivity contribution in [2.75, 3.05) is 40.0 Å². The number of carbonyl (C=O) groups excluding carboxylic acids is 1. The van der Waals surface area contributed by atoms with Gasteiger partial charge in [-0.2, -0.15) is 0 Å². The van der Waals surface area contributed by atoms with Crippen molar-refractivity contribution in [2.45, 2.75) is 44.6 Å². The molecule has 0 amide bonds. The molecule has 2 heterocycles. The summed E-state index contributed by atoms with van der Waals surface area (Å²) in [6.07, 6.45) is 2.19. The number of piperidine rings is 1. The van der Waals surface area contributed by atoms with Gasteiger partial charge in [0, 0.05) is 18.5 Å². The molecule has 2 saturated heterocycles. The van der Waals surface area contributed by atoms with Crippen molar-refractivity contribution in [3.63, 3.8) is 0 Å². The van der Waals surface area contributed by atoms with Crippen LogP contribution in [0.25, 0.3) is 0 Å². The fourth-order valence-electron chi connectivity index (χ4n) is 4.67. The molecule has 1 aliphatic carbocycles. The van der Waals surface area contributed by atoms with Crippen molar-refractivity contribution >= 4 is 5.78 Å². The van der Waals surface area contributed by atoms with Gasteiger partial charge in [-0.1, -0.05) is 6.07 Å². The van der Waals surface area contributed by atoms with Gasteiger partial charge in [0.25, 0.3) is 0 Å². The smallest absolute Gasteiger partial charge is 0.200 e. The fraction of sp³-hybridized carbons (Fsp3) is 0.667. The summed E-state index contributed by atoms with van der Waals surface area (Å²) < 4.78 is 31.9. The predicted octanol–water partition coefficient (Wildman–Crippen LogP) is 2.93. The largest absolute Gasteiger partial charge is 0.496 e. The summed E-state index contributed by atoms with van der Waals surface area (Å²) >= 11 is 0. The van der Waals surface area contributed by atoms with Crippen molar-refractivity contribution in [3.05, 3.63) is 28.8 Å². The Morgan fingerprint density at radius 2 is 1.96 bits per heavy atom. The molecule has 0 spiro atoms. The lowest BCUT2D eigenvalue weighted by atomic mass is 9.83. The first-order chi connectivity index (χ1) is 13.0. The van der Waals surface area contributed by atoms with Gasteiger partial charge in [-0.05, 0) is 62.4 Å². The molecule has 1 aromatic carbocycles.